The van der Waals surface area contributed by atoms with E-state index in [-0.39, 0.29) is 11.8 Å². The van der Waals surface area contributed by atoms with Gasteiger partial charge in [0, 0.05) is 27.7 Å². The first-order valence-corrected chi connectivity index (χ1v) is 10.3. The molecule has 1 aromatic heterocycles. The third-order valence-electron chi connectivity index (χ3n) is 6.05. The highest BCUT2D eigenvalue weighted by Crippen LogP contribution is 2.46. The standard InChI is InChI=1S/C21H21BrN6/c1-25-14-7-5-12(6-8-14)20-16(10-24)18(17-11-26-28-21(17)27-20)15-4-2-3-13(9-23)19(15)22/h2-4,11-12,14,16,18,25H,5-8H2,1H3,(H,26,28). The minimum atomic E-state index is -0.369. The molecule has 6 nitrogen and oxygen atoms in total. The predicted octanol–water partition coefficient (Wildman–Crippen LogP) is 4.18. The SMILES string of the molecule is CNC1CCC(C2=Nc3[nH]ncc3C(c3cccc(C#N)c3Br)C2C#N)CC1. The second-order valence-corrected chi connectivity index (χ2v) is 8.25. The maximum atomic E-state index is 10.1. The summed E-state index contributed by atoms with van der Waals surface area (Å²) in [5.41, 5.74) is 3.37. The Morgan fingerprint density at radius 1 is 1.18 bits per heavy atom. The number of hydrogen-bond donors (Lipinski definition) is 2. The van der Waals surface area contributed by atoms with E-state index in [9.17, 15) is 10.5 Å². The van der Waals surface area contributed by atoms with Gasteiger partial charge in [0.2, 0.25) is 0 Å². The fourth-order valence-electron chi connectivity index (χ4n) is 4.54. The zero-order chi connectivity index (χ0) is 19.7. The van der Waals surface area contributed by atoms with Crippen LogP contribution in [0.4, 0.5) is 5.82 Å². The van der Waals surface area contributed by atoms with Crippen molar-refractivity contribution in [3.8, 4) is 12.1 Å². The summed E-state index contributed by atoms with van der Waals surface area (Å²) in [7, 11) is 2.01. The van der Waals surface area contributed by atoms with Gasteiger partial charge in [0.05, 0.1) is 23.7 Å². The number of nitrogens with zero attached hydrogens (tertiary/aromatic N) is 4. The van der Waals surface area contributed by atoms with Crippen molar-refractivity contribution in [1.29, 1.82) is 10.5 Å². The quantitative estimate of drug-likeness (QED) is 0.752. The van der Waals surface area contributed by atoms with E-state index in [0.29, 0.717) is 17.5 Å². The zero-order valence-electron chi connectivity index (χ0n) is 15.6. The molecule has 2 aromatic rings. The van der Waals surface area contributed by atoms with Crippen LogP contribution in [0.3, 0.4) is 0 Å². The summed E-state index contributed by atoms with van der Waals surface area (Å²) >= 11 is 3.60. The van der Waals surface area contributed by atoms with E-state index in [2.05, 4.69) is 43.6 Å². The van der Waals surface area contributed by atoms with E-state index < -0.39 is 0 Å². The van der Waals surface area contributed by atoms with Crippen LogP contribution in [0.2, 0.25) is 0 Å². The fraction of sp³-hybridized carbons (Fsp3) is 0.429. The van der Waals surface area contributed by atoms with Crippen LogP contribution >= 0.6 is 15.9 Å². The minimum Gasteiger partial charge on any atom is -0.317 e. The number of H-pyrrole nitrogens is 1. The Labute approximate surface area is 172 Å². The summed E-state index contributed by atoms with van der Waals surface area (Å²) in [4.78, 5) is 4.86. The van der Waals surface area contributed by atoms with E-state index in [4.69, 9.17) is 4.99 Å². The molecule has 142 valence electrons. The van der Waals surface area contributed by atoms with Crippen molar-refractivity contribution in [2.24, 2.45) is 16.8 Å². The molecule has 1 fully saturated rings. The molecule has 2 atom stereocenters. The smallest absolute Gasteiger partial charge is 0.151 e. The predicted molar refractivity (Wildman–Crippen MR) is 110 cm³/mol. The van der Waals surface area contributed by atoms with Crippen LogP contribution in [0, 0.1) is 34.5 Å². The van der Waals surface area contributed by atoms with Crippen LogP contribution in [0.5, 0.6) is 0 Å². The lowest BCUT2D eigenvalue weighted by atomic mass is 9.71. The molecule has 2 aliphatic rings. The van der Waals surface area contributed by atoms with E-state index in [1.165, 1.54) is 0 Å². The molecule has 0 spiro atoms. The Hall–Kier alpha value is -2.48. The number of benzene rings is 1. The number of nitrogens with one attached hydrogen (secondary N) is 2. The lowest BCUT2D eigenvalue weighted by Gasteiger charge is -2.35. The Kier molecular flexibility index (Phi) is 5.30. The van der Waals surface area contributed by atoms with Crippen molar-refractivity contribution in [3.63, 3.8) is 0 Å². The lowest BCUT2D eigenvalue weighted by Crippen LogP contribution is -2.37. The van der Waals surface area contributed by atoms with Gasteiger partial charge in [0.15, 0.2) is 5.82 Å². The van der Waals surface area contributed by atoms with Gasteiger partial charge in [0.1, 0.15) is 6.07 Å². The Morgan fingerprint density at radius 3 is 2.64 bits per heavy atom. The zero-order valence-corrected chi connectivity index (χ0v) is 17.2. The van der Waals surface area contributed by atoms with Crippen LogP contribution in [0.1, 0.15) is 48.3 Å². The fourth-order valence-corrected chi connectivity index (χ4v) is 5.14. The second-order valence-electron chi connectivity index (χ2n) is 7.45. The molecule has 2 heterocycles. The first kappa shape index (κ1) is 18.9. The van der Waals surface area contributed by atoms with Crippen molar-refractivity contribution in [3.05, 3.63) is 45.6 Å². The molecule has 0 amide bonds. The van der Waals surface area contributed by atoms with E-state index in [1.54, 1.807) is 12.3 Å². The highest BCUT2D eigenvalue weighted by molar-refractivity contribution is 9.10. The van der Waals surface area contributed by atoms with Crippen LogP contribution in [-0.4, -0.2) is 29.0 Å². The maximum Gasteiger partial charge on any atom is 0.151 e. The molecule has 1 aliphatic carbocycles. The van der Waals surface area contributed by atoms with Gasteiger partial charge in [-0.2, -0.15) is 15.6 Å². The monoisotopic (exact) mass is 436 g/mol. The van der Waals surface area contributed by atoms with E-state index in [0.717, 1.165) is 52.8 Å². The molecule has 0 radical (unpaired) electrons. The number of hydrogen-bond acceptors (Lipinski definition) is 5. The summed E-state index contributed by atoms with van der Waals surface area (Å²) < 4.78 is 0.745. The van der Waals surface area contributed by atoms with Crippen molar-refractivity contribution in [1.82, 2.24) is 15.5 Å². The van der Waals surface area contributed by atoms with Crippen molar-refractivity contribution < 1.29 is 0 Å². The number of aromatic nitrogens is 2. The Bertz CT molecular complexity index is 987. The van der Waals surface area contributed by atoms with Gasteiger partial charge < -0.3 is 5.32 Å². The van der Waals surface area contributed by atoms with Gasteiger partial charge in [-0.25, -0.2) is 4.99 Å². The molecule has 0 saturated heterocycles. The third kappa shape index (κ3) is 3.15. The van der Waals surface area contributed by atoms with Gasteiger partial charge in [-0.1, -0.05) is 12.1 Å². The van der Waals surface area contributed by atoms with E-state index >= 15 is 0 Å². The van der Waals surface area contributed by atoms with Crippen molar-refractivity contribution in [2.75, 3.05) is 7.05 Å². The summed E-state index contributed by atoms with van der Waals surface area (Å²) in [5, 5.41) is 30.1. The first-order chi connectivity index (χ1) is 13.7. The van der Waals surface area contributed by atoms with Gasteiger partial charge in [-0.15, -0.1) is 0 Å². The topological polar surface area (TPSA) is 101 Å². The maximum absolute atomic E-state index is 10.1. The lowest BCUT2D eigenvalue weighted by molar-refractivity contribution is 0.349. The summed E-state index contributed by atoms with van der Waals surface area (Å²) in [6.07, 6.45) is 5.99. The van der Waals surface area contributed by atoms with E-state index in [1.807, 2.05) is 19.2 Å². The molecule has 4 rings (SSSR count). The number of aliphatic imine (C=N–C) groups is 1. The largest absolute Gasteiger partial charge is 0.317 e. The normalized spacial score (nSPS) is 26.6. The van der Waals surface area contributed by atoms with Crippen LogP contribution in [-0.2, 0) is 0 Å². The summed E-state index contributed by atoms with van der Waals surface area (Å²) in [6.45, 7) is 0. The number of halogens is 1. The molecule has 2 unspecified atom stereocenters. The molecule has 1 aromatic carbocycles. The Balaban J connectivity index is 1.78. The first-order valence-electron chi connectivity index (χ1n) is 9.55. The number of aromatic amines is 1. The average Bonchev–Trinajstić information content (AvgIpc) is 3.21. The van der Waals surface area contributed by atoms with Gasteiger partial charge >= 0.3 is 0 Å². The molecule has 1 saturated carbocycles. The van der Waals surface area contributed by atoms with Crippen molar-refractivity contribution >= 4 is 27.5 Å². The molecule has 0 bridgehead atoms. The van der Waals surface area contributed by atoms with Crippen LogP contribution < -0.4 is 5.32 Å². The molecule has 28 heavy (non-hydrogen) atoms. The van der Waals surface area contributed by atoms with Gasteiger partial charge in [-0.3, -0.25) is 5.10 Å². The summed E-state index contributed by atoms with van der Waals surface area (Å²) in [5.74, 6) is 0.463. The third-order valence-corrected chi connectivity index (χ3v) is 6.94. The highest BCUT2D eigenvalue weighted by atomic mass is 79.9. The van der Waals surface area contributed by atoms with Crippen molar-refractivity contribution in [2.45, 2.75) is 37.6 Å². The van der Waals surface area contributed by atoms with Crippen LogP contribution in [0.15, 0.2) is 33.9 Å². The molecular weight excluding hydrogens is 416 g/mol. The minimum absolute atomic E-state index is 0.198. The molecule has 1 aliphatic heterocycles. The molecule has 2 N–H and O–H groups in total. The van der Waals surface area contributed by atoms with Gasteiger partial charge in [-0.05, 0) is 66.2 Å². The highest BCUT2D eigenvalue weighted by Gasteiger charge is 2.40. The second kappa shape index (κ2) is 7.87. The summed E-state index contributed by atoms with van der Waals surface area (Å²) in [6, 6.07) is 10.9. The Morgan fingerprint density at radius 2 is 1.96 bits per heavy atom. The number of rotatable bonds is 3. The van der Waals surface area contributed by atoms with Gasteiger partial charge in [0.25, 0.3) is 0 Å². The number of fused-ring (bicyclic) bond motifs is 1. The molecular formula is C21H21BrN6. The van der Waals surface area contributed by atoms with Crippen LogP contribution in [0.25, 0.3) is 0 Å². The number of nitriles is 2. The molecule has 7 heteroatoms. The average molecular weight is 437 g/mol.